The summed E-state index contributed by atoms with van der Waals surface area (Å²) in [6.07, 6.45) is 4.52. The zero-order valence-corrected chi connectivity index (χ0v) is 10.9. The number of imidazole rings is 1. The van der Waals surface area contributed by atoms with Crippen molar-refractivity contribution in [3.63, 3.8) is 0 Å². The van der Waals surface area contributed by atoms with E-state index >= 15 is 0 Å². The molecule has 0 saturated heterocycles. The Labute approximate surface area is 111 Å². The number of aromatic nitrogens is 2. The summed E-state index contributed by atoms with van der Waals surface area (Å²) >= 11 is 5.72. The second kappa shape index (κ2) is 5.98. The third-order valence-corrected chi connectivity index (χ3v) is 2.92. The maximum atomic E-state index is 13.6. The summed E-state index contributed by atoms with van der Waals surface area (Å²) in [6.45, 7) is 1.35. The highest BCUT2D eigenvalue weighted by atomic mass is 35.5. The second-order valence-electron chi connectivity index (χ2n) is 4.13. The molecule has 0 aliphatic carbocycles. The van der Waals surface area contributed by atoms with Crippen molar-refractivity contribution in [2.75, 3.05) is 13.6 Å². The number of halogens is 2. The molecular formula is C13H15ClFN3. The van der Waals surface area contributed by atoms with Crippen molar-refractivity contribution in [2.24, 2.45) is 0 Å². The molecule has 5 heteroatoms. The number of nitrogens with zero attached hydrogens (tertiary/aromatic N) is 2. The van der Waals surface area contributed by atoms with Gasteiger partial charge in [-0.3, -0.25) is 0 Å². The molecular weight excluding hydrogens is 253 g/mol. The van der Waals surface area contributed by atoms with Gasteiger partial charge in [-0.15, -0.1) is 0 Å². The number of benzene rings is 1. The van der Waals surface area contributed by atoms with E-state index in [9.17, 15) is 4.39 Å². The van der Waals surface area contributed by atoms with E-state index in [0.29, 0.717) is 17.1 Å². The van der Waals surface area contributed by atoms with Gasteiger partial charge in [0.15, 0.2) is 0 Å². The van der Waals surface area contributed by atoms with Crippen molar-refractivity contribution in [1.29, 1.82) is 0 Å². The molecule has 0 spiro atoms. The standard InChI is InChI=1S/C13H15ClFN3/c1-16-5-4-12-8-18(9-17-12)7-10-2-3-11(14)6-13(10)15/h2-3,6,8-9,16H,4-5,7H2,1H3. The summed E-state index contributed by atoms with van der Waals surface area (Å²) in [4.78, 5) is 4.27. The first kappa shape index (κ1) is 13.1. The molecule has 0 fully saturated rings. The van der Waals surface area contributed by atoms with Crippen molar-refractivity contribution in [2.45, 2.75) is 13.0 Å². The highest BCUT2D eigenvalue weighted by molar-refractivity contribution is 6.30. The normalized spacial score (nSPS) is 10.8. The first-order valence-corrected chi connectivity index (χ1v) is 6.16. The molecule has 1 N–H and O–H groups in total. The molecule has 0 aliphatic heterocycles. The molecule has 0 aliphatic rings. The quantitative estimate of drug-likeness (QED) is 0.902. The van der Waals surface area contributed by atoms with Gasteiger partial charge in [0.25, 0.3) is 0 Å². The molecule has 0 radical (unpaired) electrons. The van der Waals surface area contributed by atoms with E-state index in [1.54, 1.807) is 18.5 Å². The Bertz CT molecular complexity index is 525. The molecule has 0 bridgehead atoms. The summed E-state index contributed by atoms with van der Waals surface area (Å²) in [5, 5.41) is 3.48. The highest BCUT2D eigenvalue weighted by Crippen LogP contribution is 2.15. The van der Waals surface area contributed by atoms with Crippen molar-refractivity contribution in [3.05, 3.63) is 52.8 Å². The minimum absolute atomic E-state index is 0.284. The third kappa shape index (κ3) is 3.31. The molecule has 1 heterocycles. The summed E-state index contributed by atoms with van der Waals surface area (Å²) in [7, 11) is 1.90. The predicted octanol–water partition coefficient (Wildman–Crippen LogP) is 2.49. The monoisotopic (exact) mass is 267 g/mol. The van der Waals surface area contributed by atoms with E-state index < -0.39 is 0 Å². The van der Waals surface area contributed by atoms with Crippen LogP contribution in [0.25, 0.3) is 0 Å². The molecule has 2 aromatic rings. The minimum Gasteiger partial charge on any atom is -0.333 e. The van der Waals surface area contributed by atoms with Gasteiger partial charge in [-0.25, -0.2) is 9.37 Å². The van der Waals surface area contributed by atoms with Gasteiger partial charge in [0.1, 0.15) is 5.82 Å². The van der Waals surface area contributed by atoms with Gasteiger partial charge >= 0.3 is 0 Å². The fourth-order valence-corrected chi connectivity index (χ4v) is 1.88. The number of hydrogen-bond donors (Lipinski definition) is 1. The first-order chi connectivity index (χ1) is 8.69. The minimum atomic E-state index is -0.284. The van der Waals surface area contributed by atoms with Gasteiger partial charge in [0, 0.05) is 29.7 Å². The fraction of sp³-hybridized carbons (Fsp3) is 0.308. The van der Waals surface area contributed by atoms with Crippen LogP contribution in [0.5, 0.6) is 0 Å². The SMILES string of the molecule is CNCCc1cn(Cc2ccc(Cl)cc2F)cn1. The summed E-state index contributed by atoms with van der Waals surface area (Å²) in [5.41, 5.74) is 1.61. The molecule has 96 valence electrons. The maximum Gasteiger partial charge on any atom is 0.129 e. The van der Waals surface area contributed by atoms with Crippen LogP contribution in [-0.2, 0) is 13.0 Å². The molecule has 18 heavy (non-hydrogen) atoms. The molecule has 1 aromatic heterocycles. The van der Waals surface area contributed by atoms with Gasteiger partial charge in [-0.05, 0) is 19.2 Å². The van der Waals surface area contributed by atoms with Crippen LogP contribution in [0.2, 0.25) is 5.02 Å². The molecule has 0 amide bonds. The van der Waals surface area contributed by atoms with Gasteiger partial charge in [-0.2, -0.15) is 0 Å². The number of nitrogens with one attached hydrogen (secondary N) is 1. The topological polar surface area (TPSA) is 29.9 Å². The summed E-state index contributed by atoms with van der Waals surface area (Å²) in [5.74, 6) is -0.284. The zero-order chi connectivity index (χ0) is 13.0. The van der Waals surface area contributed by atoms with Crippen LogP contribution in [0, 0.1) is 5.82 Å². The lowest BCUT2D eigenvalue weighted by atomic mass is 10.2. The Morgan fingerprint density at radius 2 is 2.28 bits per heavy atom. The Morgan fingerprint density at radius 1 is 1.44 bits per heavy atom. The smallest absolute Gasteiger partial charge is 0.129 e. The van der Waals surface area contributed by atoms with Crippen molar-refractivity contribution >= 4 is 11.6 Å². The highest BCUT2D eigenvalue weighted by Gasteiger charge is 2.05. The van der Waals surface area contributed by atoms with Crippen LogP contribution < -0.4 is 5.32 Å². The van der Waals surface area contributed by atoms with E-state index in [1.165, 1.54) is 6.07 Å². The van der Waals surface area contributed by atoms with E-state index in [2.05, 4.69) is 10.3 Å². The summed E-state index contributed by atoms with van der Waals surface area (Å²) < 4.78 is 15.5. The van der Waals surface area contributed by atoms with Gasteiger partial charge in [0.2, 0.25) is 0 Å². The predicted molar refractivity (Wildman–Crippen MR) is 70.4 cm³/mol. The molecule has 1 aromatic carbocycles. The molecule has 2 rings (SSSR count). The first-order valence-electron chi connectivity index (χ1n) is 5.78. The lowest BCUT2D eigenvalue weighted by molar-refractivity contribution is 0.599. The van der Waals surface area contributed by atoms with Crippen molar-refractivity contribution < 1.29 is 4.39 Å². The van der Waals surface area contributed by atoms with Crippen LogP contribution in [0.4, 0.5) is 4.39 Å². The van der Waals surface area contributed by atoms with Crippen LogP contribution >= 0.6 is 11.6 Å². The third-order valence-electron chi connectivity index (χ3n) is 2.69. The molecule has 3 nitrogen and oxygen atoms in total. The van der Waals surface area contributed by atoms with Gasteiger partial charge in [-0.1, -0.05) is 17.7 Å². The van der Waals surface area contributed by atoms with Crippen LogP contribution in [0.3, 0.4) is 0 Å². The lowest BCUT2D eigenvalue weighted by Crippen LogP contribution is -2.10. The van der Waals surface area contributed by atoms with Crippen molar-refractivity contribution in [1.82, 2.24) is 14.9 Å². The second-order valence-corrected chi connectivity index (χ2v) is 4.56. The number of likely N-dealkylation sites (N-methyl/N-ethyl adjacent to an activating group) is 1. The Kier molecular flexibility index (Phi) is 4.33. The molecule has 0 saturated carbocycles. The molecule has 0 atom stereocenters. The van der Waals surface area contributed by atoms with E-state index in [1.807, 2.05) is 17.8 Å². The van der Waals surface area contributed by atoms with Crippen LogP contribution in [0.1, 0.15) is 11.3 Å². The number of rotatable bonds is 5. The van der Waals surface area contributed by atoms with Crippen LogP contribution in [0.15, 0.2) is 30.7 Å². The zero-order valence-electron chi connectivity index (χ0n) is 10.2. The molecule has 0 unspecified atom stereocenters. The van der Waals surface area contributed by atoms with E-state index in [-0.39, 0.29) is 5.82 Å². The van der Waals surface area contributed by atoms with E-state index in [0.717, 1.165) is 18.7 Å². The Morgan fingerprint density at radius 3 is 3.00 bits per heavy atom. The van der Waals surface area contributed by atoms with Gasteiger partial charge in [0.05, 0.1) is 18.6 Å². The summed E-state index contributed by atoms with van der Waals surface area (Å²) in [6, 6.07) is 4.72. The van der Waals surface area contributed by atoms with E-state index in [4.69, 9.17) is 11.6 Å². The Hall–Kier alpha value is -1.39. The largest absolute Gasteiger partial charge is 0.333 e. The Balaban J connectivity index is 2.06. The average molecular weight is 268 g/mol. The maximum absolute atomic E-state index is 13.6. The van der Waals surface area contributed by atoms with Gasteiger partial charge < -0.3 is 9.88 Å². The number of hydrogen-bond acceptors (Lipinski definition) is 2. The van der Waals surface area contributed by atoms with Crippen molar-refractivity contribution in [3.8, 4) is 0 Å². The lowest BCUT2D eigenvalue weighted by Gasteiger charge is -2.04. The van der Waals surface area contributed by atoms with Crippen LogP contribution in [-0.4, -0.2) is 23.1 Å². The average Bonchev–Trinajstić information content (AvgIpc) is 2.78. The fourth-order valence-electron chi connectivity index (χ4n) is 1.72.